The molecule has 0 saturated heterocycles. The molecular formula is C20H21NO4. The molecule has 3 aromatic rings. The molecule has 0 fully saturated rings. The lowest BCUT2D eigenvalue weighted by Gasteiger charge is -2.22. The summed E-state index contributed by atoms with van der Waals surface area (Å²) >= 11 is 0. The predicted octanol–water partition coefficient (Wildman–Crippen LogP) is 4.50. The molecule has 0 saturated carbocycles. The molecule has 0 bridgehead atoms. The second-order valence-corrected chi connectivity index (χ2v) is 5.66. The van der Waals surface area contributed by atoms with Crippen LogP contribution in [0.15, 0.2) is 69.9 Å². The highest BCUT2D eigenvalue weighted by molar-refractivity contribution is 5.96. The van der Waals surface area contributed by atoms with Crippen molar-refractivity contribution < 1.29 is 18.4 Å². The second-order valence-electron chi connectivity index (χ2n) is 5.66. The van der Waals surface area contributed by atoms with Crippen LogP contribution in [0, 0.1) is 0 Å². The predicted molar refractivity (Wildman–Crippen MR) is 93.2 cm³/mol. The van der Waals surface area contributed by atoms with Gasteiger partial charge in [0.2, 0.25) is 0 Å². The first-order chi connectivity index (χ1) is 12.3. The number of rotatable bonds is 8. The van der Waals surface area contributed by atoms with Gasteiger partial charge in [-0.15, -0.1) is 0 Å². The summed E-state index contributed by atoms with van der Waals surface area (Å²) in [6.07, 6.45) is 4.08. The zero-order valence-electron chi connectivity index (χ0n) is 14.2. The Labute approximate surface area is 146 Å². The number of amides is 1. The summed E-state index contributed by atoms with van der Waals surface area (Å²) in [7, 11) is 0. The summed E-state index contributed by atoms with van der Waals surface area (Å²) in [5.74, 6) is 1.90. The zero-order chi connectivity index (χ0) is 17.5. The molecule has 0 unspecified atom stereocenters. The number of benzene rings is 1. The average Bonchev–Trinajstić information content (AvgIpc) is 3.33. The standard InChI is InChI=1S/C20H21NO4/c1-2-11-25-19-10-4-3-9-18(19)20(22)21(14-16-7-5-12-23-16)15-17-8-6-13-24-17/h3-10,12-13H,2,11,14-15H2,1H3. The highest BCUT2D eigenvalue weighted by Gasteiger charge is 2.22. The quantitative estimate of drug-likeness (QED) is 0.606. The van der Waals surface area contributed by atoms with E-state index >= 15 is 0 Å². The molecule has 0 radical (unpaired) electrons. The fraction of sp³-hybridized carbons (Fsp3) is 0.250. The highest BCUT2D eigenvalue weighted by atomic mass is 16.5. The van der Waals surface area contributed by atoms with Gasteiger partial charge in [0, 0.05) is 0 Å². The van der Waals surface area contributed by atoms with Crippen molar-refractivity contribution in [2.75, 3.05) is 6.61 Å². The Balaban J connectivity index is 1.85. The van der Waals surface area contributed by atoms with Crippen LogP contribution in [0.1, 0.15) is 35.2 Å². The summed E-state index contributed by atoms with van der Waals surface area (Å²) in [4.78, 5) is 14.8. The fourth-order valence-corrected chi connectivity index (χ4v) is 2.53. The zero-order valence-corrected chi connectivity index (χ0v) is 14.2. The third kappa shape index (κ3) is 4.32. The minimum atomic E-state index is -0.125. The van der Waals surface area contributed by atoms with Gasteiger partial charge in [-0.1, -0.05) is 19.1 Å². The summed E-state index contributed by atoms with van der Waals surface area (Å²) in [6, 6.07) is 14.6. The monoisotopic (exact) mass is 339 g/mol. The summed E-state index contributed by atoms with van der Waals surface area (Å²) in [5, 5.41) is 0. The Morgan fingerprint density at radius 1 is 0.960 bits per heavy atom. The van der Waals surface area contributed by atoms with E-state index < -0.39 is 0 Å². The van der Waals surface area contributed by atoms with Gasteiger partial charge >= 0.3 is 0 Å². The van der Waals surface area contributed by atoms with Crippen LogP contribution in [-0.4, -0.2) is 17.4 Å². The van der Waals surface area contributed by atoms with Crippen molar-refractivity contribution in [3.8, 4) is 5.75 Å². The molecule has 0 aliphatic heterocycles. The van der Waals surface area contributed by atoms with Crippen LogP contribution >= 0.6 is 0 Å². The van der Waals surface area contributed by atoms with Gasteiger partial charge in [-0.2, -0.15) is 0 Å². The smallest absolute Gasteiger partial charge is 0.258 e. The van der Waals surface area contributed by atoms with Crippen LogP contribution in [0.25, 0.3) is 0 Å². The maximum Gasteiger partial charge on any atom is 0.258 e. The van der Waals surface area contributed by atoms with Gasteiger partial charge in [0.1, 0.15) is 17.3 Å². The van der Waals surface area contributed by atoms with Crippen LogP contribution < -0.4 is 4.74 Å². The van der Waals surface area contributed by atoms with Crippen molar-refractivity contribution in [3.05, 3.63) is 78.1 Å². The number of carbonyl (C=O) groups is 1. The molecule has 3 rings (SSSR count). The van der Waals surface area contributed by atoms with Gasteiger partial charge in [0.05, 0.1) is 37.8 Å². The third-order valence-corrected chi connectivity index (χ3v) is 3.72. The number of hydrogen-bond donors (Lipinski definition) is 0. The Morgan fingerprint density at radius 3 is 2.16 bits per heavy atom. The first-order valence-electron chi connectivity index (χ1n) is 8.33. The van der Waals surface area contributed by atoms with Crippen LogP contribution in [0.4, 0.5) is 0 Å². The van der Waals surface area contributed by atoms with Crippen molar-refractivity contribution in [2.24, 2.45) is 0 Å². The Bertz CT molecular complexity index is 742. The van der Waals surface area contributed by atoms with E-state index in [9.17, 15) is 4.79 Å². The molecule has 5 heteroatoms. The summed E-state index contributed by atoms with van der Waals surface area (Å²) in [6.45, 7) is 3.31. The lowest BCUT2D eigenvalue weighted by atomic mass is 10.1. The lowest BCUT2D eigenvalue weighted by Crippen LogP contribution is -2.30. The first-order valence-corrected chi connectivity index (χ1v) is 8.33. The average molecular weight is 339 g/mol. The van der Waals surface area contributed by atoms with E-state index in [-0.39, 0.29) is 5.91 Å². The molecule has 130 valence electrons. The van der Waals surface area contributed by atoms with E-state index in [4.69, 9.17) is 13.6 Å². The van der Waals surface area contributed by atoms with Gasteiger partial charge in [-0.25, -0.2) is 0 Å². The molecule has 0 aliphatic rings. The Hall–Kier alpha value is -2.95. The molecule has 25 heavy (non-hydrogen) atoms. The van der Waals surface area contributed by atoms with E-state index in [1.54, 1.807) is 23.5 Å². The van der Waals surface area contributed by atoms with Crippen molar-refractivity contribution in [1.82, 2.24) is 4.90 Å². The molecule has 5 nitrogen and oxygen atoms in total. The molecule has 0 aliphatic carbocycles. The first kappa shape index (κ1) is 16.9. The van der Waals surface area contributed by atoms with Crippen molar-refractivity contribution >= 4 is 5.91 Å². The van der Waals surface area contributed by atoms with Crippen LogP contribution in [-0.2, 0) is 13.1 Å². The highest BCUT2D eigenvalue weighted by Crippen LogP contribution is 2.22. The largest absolute Gasteiger partial charge is 0.493 e. The summed E-state index contributed by atoms with van der Waals surface area (Å²) in [5.41, 5.74) is 0.536. The van der Waals surface area contributed by atoms with Crippen LogP contribution in [0.5, 0.6) is 5.75 Å². The van der Waals surface area contributed by atoms with Crippen LogP contribution in [0.2, 0.25) is 0 Å². The van der Waals surface area contributed by atoms with Gasteiger partial charge in [0.15, 0.2) is 0 Å². The molecule has 1 amide bonds. The normalized spacial score (nSPS) is 10.6. The van der Waals surface area contributed by atoms with Crippen molar-refractivity contribution in [3.63, 3.8) is 0 Å². The topological polar surface area (TPSA) is 55.8 Å². The molecule has 0 atom stereocenters. The van der Waals surface area contributed by atoms with E-state index in [2.05, 4.69) is 0 Å². The van der Waals surface area contributed by atoms with Crippen molar-refractivity contribution in [2.45, 2.75) is 26.4 Å². The van der Waals surface area contributed by atoms with E-state index in [1.807, 2.05) is 49.4 Å². The van der Waals surface area contributed by atoms with Crippen LogP contribution in [0.3, 0.4) is 0 Å². The van der Waals surface area contributed by atoms with Gasteiger partial charge < -0.3 is 18.5 Å². The molecular weight excluding hydrogens is 318 g/mol. The number of hydrogen-bond acceptors (Lipinski definition) is 4. The number of para-hydroxylation sites is 1. The maximum absolute atomic E-state index is 13.1. The summed E-state index contributed by atoms with van der Waals surface area (Å²) < 4.78 is 16.6. The second kappa shape index (κ2) is 8.24. The molecule has 0 spiro atoms. The van der Waals surface area contributed by atoms with E-state index in [0.717, 1.165) is 6.42 Å². The van der Waals surface area contributed by atoms with Gasteiger partial charge in [-0.3, -0.25) is 4.79 Å². The third-order valence-electron chi connectivity index (χ3n) is 3.72. The minimum Gasteiger partial charge on any atom is -0.493 e. The van der Waals surface area contributed by atoms with E-state index in [1.165, 1.54) is 0 Å². The van der Waals surface area contributed by atoms with E-state index in [0.29, 0.717) is 42.5 Å². The fourth-order valence-electron chi connectivity index (χ4n) is 2.53. The molecule has 1 aromatic carbocycles. The number of furan rings is 2. The Kier molecular flexibility index (Phi) is 5.57. The van der Waals surface area contributed by atoms with Crippen molar-refractivity contribution in [1.29, 1.82) is 0 Å². The SMILES string of the molecule is CCCOc1ccccc1C(=O)N(Cc1ccco1)Cc1ccco1. The molecule has 2 heterocycles. The van der Waals surface area contributed by atoms with Gasteiger partial charge in [-0.05, 0) is 42.8 Å². The number of ether oxygens (including phenoxy) is 1. The maximum atomic E-state index is 13.1. The minimum absolute atomic E-state index is 0.125. The number of carbonyl (C=O) groups excluding carboxylic acids is 1. The van der Waals surface area contributed by atoms with Gasteiger partial charge in [0.25, 0.3) is 5.91 Å². The molecule has 0 N–H and O–H groups in total. The Morgan fingerprint density at radius 2 is 1.60 bits per heavy atom. The molecule has 2 aromatic heterocycles. The lowest BCUT2D eigenvalue weighted by molar-refractivity contribution is 0.0700. The number of nitrogens with zero attached hydrogens (tertiary/aromatic N) is 1.